The third-order valence-electron chi connectivity index (χ3n) is 4.06. The monoisotopic (exact) mass is 276 g/mol. The van der Waals surface area contributed by atoms with Crippen LogP contribution in [0, 0.1) is 5.92 Å². The molecule has 2 unspecified atom stereocenters. The molecule has 2 atom stereocenters. The Hall–Kier alpha value is -1.35. The number of aliphatic hydroxyl groups is 1. The van der Waals surface area contributed by atoms with Crippen molar-refractivity contribution in [2.24, 2.45) is 5.92 Å². The zero-order valence-corrected chi connectivity index (χ0v) is 12.3. The summed E-state index contributed by atoms with van der Waals surface area (Å²) in [6.07, 6.45) is 2.93. The highest BCUT2D eigenvalue weighted by atomic mass is 16.5. The molecule has 0 heterocycles. The number of carbonyl (C=O) groups excluding carboxylic acids is 1. The van der Waals surface area contributed by atoms with Gasteiger partial charge < -0.3 is 9.84 Å². The van der Waals surface area contributed by atoms with Gasteiger partial charge in [0.25, 0.3) is 0 Å². The van der Waals surface area contributed by atoms with Crippen LogP contribution in [0.15, 0.2) is 24.3 Å². The molecular formula is C17H24O3. The highest BCUT2D eigenvalue weighted by molar-refractivity contribution is 5.73. The van der Waals surface area contributed by atoms with Crippen molar-refractivity contribution in [1.29, 1.82) is 0 Å². The number of benzene rings is 1. The number of esters is 1. The fraction of sp³-hybridized carbons (Fsp3) is 0.588. The normalized spacial score (nSPS) is 22.8. The quantitative estimate of drug-likeness (QED) is 0.857. The molecule has 0 aromatic heterocycles. The van der Waals surface area contributed by atoms with Crippen molar-refractivity contribution in [2.75, 3.05) is 0 Å². The van der Waals surface area contributed by atoms with Gasteiger partial charge in [-0.05, 0) is 29.9 Å². The van der Waals surface area contributed by atoms with E-state index in [1.807, 2.05) is 12.1 Å². The van der Waals surface area contributed by atoms with E-state index in [0.717, 1.165) is 24.8 Å². The predicted molar refractivity (Wildman–Crippen MR) is 78.3 cm³/mol. The molecule has 0 saturated heterocycles. The van der Waals surface area contributed by atoms with Crippen LogP contribution in [-0.4, -0.2) is 17.2 Å². The van der Waals surface area contributed by atoms with Gasteiger partial charge in [-0.15, -0.1) is 0 Å². The Morgan fingerprint density at radius 2 is 1.90 bits per heavy atom. The Kier molecular flexibility index (Phi) is 5.18. The average Bonchev–Trinajstić information content (AvgIpc) is 2.45. The molecule has 1 N–H and O–H groups in total. The summed E-state index contributed by atoms with van der Waals surface area (Å²) in [6.45, 7) is 4.60. The molecule has 1 aromatic rings. The molecule has 1 saturated carbocycles. The van der Waals surface area contributed by atoms with E-state index in [4.69, 9.17) is 4.74 Å². The van der Waals surface area contributed by atoms with Gasteiger partial charge in [0, 0.05) is 0 Å². The molecule has 0 amide bonds. The second-order valence-corrected chi connectivity index (χ2v) is 5.96. The van der Waals surface area contributed by atoms with Crippen LogP contribution in [0.4, 0.5) is 0 Å². The topological polar surface area (TPSA) is 46.5 Å². The summed E-state index contributed by atoms with van der Waals surface area (Å²) in [7, 11) is 0. The Balaban J connectivity index is 1.86. The predicted octanol–water partition coefficient (Wildman–Crippen LogP) is 3.40. The number of aliphatic hydroxyl groups excluding tert-OH is 1. The van der Waals surface area contributed by atoms with E-state index in [0.29, 0.717) is 18.9 Å². The van der Waals surface area contributed by atoms with E-state index in [-0.39, 0.29) is 11.9 Å². The summed E-state index contributed by atoms with van der Waals surface area (Å²) in [4.78, 5) is 12.0. The van der Waals surface area contributed by atoms with Crippen LogP contribution in [0.3, 0.4) is 0 Å². The lowest BCUT2D eigenvalue weighted by atomic mass is 9.87. The van der Waals surface area contributed by atoms with E-state index in [1.165, 1.54) is 5.56 Å². The van der Waals surface area contributed by atoms with Gasteiger partial charge in [0.05, 0.1) is 12.0 Å². The van der Waals surface area contributed by atoms with Crippen molar-refractivity contribution >= 4 is 5.97 Å². The second kappa shape index (κ2) is 6.89. The molecule has 0 bridgehead atoms. The first-order valence-corrected chi connectivity index (χ1v) is 7.51. The summed E-state index contributed by atoms with van der Waals surface area (Å²) >= 11 is 0. The first-order chi connectivity index (χ1) is 9.58. The van der Waals surface area contributed by atoms with Crippen LogP contribution in [0.25, 0.3) is 0 Å². The van der Waals surface area contributed by atoms with E-state index in [2.05, 4.69) is 26.0 Å². The van der Waals surface area contributed by atoms with Crippen LogP contribution in [0.5, 0.6) is 0 Å². The van der Waals surface area contributed by atoms with Crippen LogP contribution < -0.4 is 0 Å². The second-order valence-electron chi connectivity index (χ2n) is 5.96. The molecule has 0 aliphatic heterocycles. The van der Waals surface area contributed by atoms with E-state index in [1.54, 1.807) is 0 Å². The highest BCUT2D eigenvalue weighted by Gasteiger charge is 2.30. The Labute approximate surface area is 121 Å². The molecular weight excluding hydrogens is 252 g/mol. The third kappa shape index (κ3) is 3.83. The summed E-state index contributed by atoms with van der Waals surface area (Å²) < 4.78 is 5.34. The Bertz CT molecular complexity index is 436. The first-order valence-electron chi connectivity index (χ1n) is 7.51. The van der Waals surface area contributed by atoms with Gasteiger partial charge in [0.15, 0.2) is 0 Å². The molecule has 20 heavy (non-hydrogen) atoms. The lowest BCUT2D eigenvalue weighted by Crippen LogP contribution is -2.32. The highest BCUT2D eigenvalue weighted by Crippen LogP contribution is 2.25. The van der Waals surface area contributed by atoms with Gasteiger partial charge in [-0.3, -0.25) is 4.79 Å². The molecule has 0 spiro atoms. The first kappa shape index (κ1) is 15.0. The van der Waals surface area contributed by atoms with Crippen LogP contribution >= 0.6 is 0 Å². The van der Waals surface area contributed by atoms with Crippen molar-refractivity contribution in [3.8, 4) is 0 Å². The molecule has 1 aromatic carbocycles. The van der Waals surface area contributed by atoms with Crippen LogP contribution in [0.1, 0.15) is 56.6 Å². The smallest absolute Gasteiger partial charge is 0.311 e. The molecule has 0 radical (unpaired) electrons. The Morgan fingerprint density at radius 3 is 2.50 bits per heavy atom. The number of ether oxygens (including phenoxy) is 1. The van der Waals surface area contributed by atoms with Gasteiger partial charge in [-0.1, -0.05) is 51.0 Å². The third-order valence-corrected chi connectivity index (χ3v) is 4.06. The molecule has 1 fully saturated rings. The van der Waals surface area contributed by atoms with Gasteiger partial charge >= 0.3 is 5.97 Å². The van der Waals surface area contributed by atoms with E-state index in [9.17, 15) is 9.90 Å². The maximum Gasteiger partial charge on any atom is 0.311 e. The zero-order chi connectivity index (χ0) is 14.5. The molecule has 3 nitrogen and oxygen atoms in total. The lowest BCUT2D eigenvalue weighted by molar-refractivity contribution is -0.155. The van der Waals surface area contributed by atoms with Crippen LogP contribution in [-0.2, 0) is 16.1 Å². The van der Waals surface area contributed by atoms with Gasteiger partial charge in [0.1, 0.15) is 6.61 Å². The molecule has 1 aliphatic carbocycles. The zero-order valence-electron chi connectivity index (χ0n) is 12.3. The van der Waals surface area contributed by atoms with Crippen molar-refractivity contribution in [1.82, 2.24) is 0 Å². The number of hydrogen-bond donors (Lipinski definition) is 1. The van der Waals surface area contributed by atoms with Crippen molar-refractivity contribution < 1.29 is 14.6 Å². The van der Waals surface area contributed by atoms with Crippen molar-refractivity contribution in [2.45, 2.75) is 58.2 Å². The number of hydrogen-bond acceptors (Lipinski definition) is 3. The fourth-order valence-corrected chi connectivity index (χ4v) is 2.65. The van der Waals surface area contributed by atoms with Crippen LogP contribution in [0.2, 0.25) is 0 Å². The number of rotatable bonds is 4. The van der Waals surface area contributed by atoms with Gasteiger partial charge in [-0.25, -0.2) is 0 Å². The van der Waals surface area contributed by atoms with Crippen molar-refractivity contribution in [3.63, 3.8) is 0 Å². The molecule has 1 aliphatic rings. The van der Waals surface area contributed by atoms with E-state index >= 15 is 0 Å². The van der Waals surface area contributed by atoms with Crippen molar-refractivity contribution in [3.05, 3.63) is 35.4 Å². The maximum absolute atomic E-state index is 12.0. The summed E-state index contributed by atoms with van der Waals surface area (Å²) in [5.74, 6) is -0.0900. The summed E-state index contributed by atoms with van der Waals surface area (Å²) in [5.41, 5.74) is 2.27. The molecule has 3 heteroatoms. The van der Waals surface area contributed by atoms with Gasteiger partial charge in [0.2, 0.25) is 0 Å². The minimum atomic E-state index is -0.528. The van der Waals surface area contributed by atoms with Gasteiger partial charge in [-0.2, -0.15) is 0 Å². The summed E-state index contributed by atoms with van der Waals surface area (Å²) in [6, 6.07) is 8.15. The Morgan fingerprint density at radius 1 is 1.25 bits per heavy atom. The molecule has 110 valence electrons. The minimum Gasteiger partial charge on any atom is -0.461 e. The maximum atomic E-state index is 12.0. The minimum absolute atomic E-state index is 0.259. The number of carbonyl (C=O) groups is 1. The molecule has 2 rings (SSSR count). The standard InChI is InChI=1S/C17H24O3/c1-12(2)14-9-7-13(8-10-14)11-20-17(19)15-5-3-4-6-16(15)18/h7-10,12,15-16,18H,3-6,11H2,1-2H3. The van der Waals surface area contributed by atoms with E-state index < -0.39 is 6.10 Å². The largest absolute Gasteiger partial charge is 0.461 e. The fourth-order valence-electron chi connectivity index (χ4n) is 2.65. The summed E-state index contributed by atoms with van der Waals surface area (Å²) in [5, 5.41) is 9.83. The lowest BCUT2D eigenvalue weighted by Gasteiger charge is -2.25. The average molecular weight is 276 g/mol. The SMILES string of the molecule is CC(C)c1ccc(COC(=O)C2CCCCC2O)cc1.